The average Bonchev–Trinajstić information content (AvgIpc) is 1.95. The largest absolute Gasteiger partial charge is 0.395 e. The van der Waals surface area contributed by atoms with E-state index >= 15 is 0 Å². The van der Waals surface area contributed by atoms with E-state index in [1.165, 1.54) is 0 Å². The Morgan fingerprint density at radius 3 is 2.90 bits per heavy atom. The lowest BCUT2D eigenvalue weighted by Gasteiger charge is -1.93. The molecule has 1 heterocycles. The van der Waals surface area contributed by atoms with Crippen molar-refractivity contribution in [3.63, 3.8) is 0 Å². The molecule has 0 bridgehead atoms. The molecule has 0 atom stereocenters. The van der Waals surface area contributed by atoms with Crippen LogP contribution >= 0.6 is 0 Å². The number of hydrogen-bond donors (Lipinski definition) is 1. The monoisotopic (exact) mass is 140 g/mol. The molecule has 0 saturated heterocycles. The normalized spacial score (nSPS) is 9.30. The summed E-state index contributed by atoms with van der Waals surface area (Å²) in [4.78, 5) is 13.5. The summed E-state index contributed by atoms with van der Waals surface area (Å²) in [6, 6.07) is 0.988. The number of hydrogen-bond acceptors (Lipinski definition) is 3. The van der Waals surface area contributed by atoms with Crippen molar-refractivity contribution in [2.24, 2.45) is 0 Å². The molecule has 1 rings (SSSR count). The molecule has 0 aliphatic heterocycles. The van der Waals surface area contributed by atoms with Gasteiger partial charge in [0, 0.05) is 6.07 Å². The molecule has 0 aliphatic carbocycles. The second kappa shape index (κ2) is 2.43. The van der Waals surface area contributed by atoms with E-state index in [2.05, 4.69) is 4.98 Å². The van der Waals surface area contributed by atoms with E-state index in [9.17, 15) is 9.18 Å². The van der Waals surface area contributed by atoms with Gasteiger partial charge in [-0.15, -0.1) is 0 Å². The van der Waals surface area contributed by atoms with E-state index in [0.29, 0.717) is 6.29 Å². The number of nitrogens with zero attached hydrogens (tertiary/aromatic N) is 1. The Balaban J connectivity index is 3.16. The van der Waals surface area contributed by atoms with Crippen LogP contribution in [0.15, 0.2) is 12.3 Å². The lowest BCUT2D eigenvalue weighted by atomic mass is 10.3. The molecule has 10 heavy (non-hydrogen) atoms. The van der Waals surface area contributed by atoms with Crippen LogP contribution in [-0.4, -0.2) is 11.3 Å². The molecule has 0 fully saturated rings. The SMILES string of the molecule is Nc1cnc(C=O)cc1F. The molecule has 0 saturated carbocycles. The van der Waals surface area contributed by atoms with Crippen LogP contribution in [0, 0.1) is 5.82 Å². The number of halogens is 1. The van der Waals surface area contributed by atoms with Gasteiger partial charge in [-0.05, 0) is 0 Å². The third-order valence-corrected chi connectivity index (χ3v) is 1.02. The fourth-order valence-corrected chi connectivity index (χ4v) is 0.521. The molecule has 0 aromatic carbocycles. The molecule has 0 aliphatic rings. The zero-order valence-corrected chi connectivity index (χ0v) is 5.04. The van der Waals surface area contributed by atoms with Crippen LogP contribution in [0.5, 0.6) is 0 Å². The number of anilines is 1. The van der Waals surface area contributed by atoms with Crippen LogP contribution in [0.3, 0.4) is 0 Å². The Hall–Kier alpha value is -1.45. The highest BCUT2D eigenvalue weighted by molar-refractivity contribution is 5.72. The maximum atomic E-state index is 12.4. The number of carbonyl (C=O) groups excluding carboxylic acids is 1. The highest BCUT2D eigenvalue weighted by Gasteiger charge is 1.98. The topological polar surface area (TPSA) is 56.0 Å². The summed E-state index contributed by atoms with van der Waals surface area (Å²) in [5, 5.41) is 0. The maximum absolute atomic E-state index is 12.4. The molecule has 4 heteroatoms. The van der Waals surface area contributed by atoms with Gasteiger partial charge in [-0.1, -0.05) is 0 Å². The number of nitrogens with two attached hydrogens (primary N) is 1. The van der Waals surface area contributed by atoms with Gasteiger partial charge < -0.3 is 5.73 Å². The van der Waals surface area contributed by atoms with Crippen LogP contribution < -0.4 is 5.73 Å². The maximum Gasteiger partial charge on any atom is 0.168 e. The van der Waals surface area contributed by atoms with Crippen molar-refractivity contribution in [2.75, 3.05) is 5.73 Å². The summed E-state index contributed by atoms with van der Waals surface area (Å²) in [7, 11) is 0. The van der Waals surface area contributed by atoms with Gasteiger partial charge in [0.15, 0.2) is 6.29 Å². The summed E-state index contributed by atoms with van der Waals surface area (Å²) >= 11 is 0. The molecule has 52 valence electrons. The van der Waals surface area contributed by atoms with E-state index in [1.54, 1.807) is 0 Å². The Morgan fingerprint density at radius 1 is 1.70 bits per heavy atom. The lowest BCUT2D eigenvalue weighted by Crippen LogP contribution is -1.94. The first-order chi connectivity index (χ1) is 4.74. The van der Waals surface area contributed by atoms with Gasteiger partial charge in [-0.2, -0.15) is 0 Å². The van der Waals surface area contributed by atoms with Gasteiger partial charge in [0.1, 0.15) is 11.5 Å². The number of nitrogen functional groups attached to an aromatic ring is 1. The quantitative estimate of drug-likeness (QED) is 0.581. The first-order valence-corrected chi connectivity index (χ1v) is 2.60. The van der Waals surface area contributed by atoms with Crippen LogP contribution in [0.2, 0.25) is 0 Å². The highest BCUT2D eigenvalue weighted by Crippen LogP contribution is 2.06. The van der Waals surface area contributed by atoms with E-state index in [-0.39, 0.29) is 11.4 Å². The van der Waals surface area contributed by atoms with Crippen molar-refractivity contribution in [3.8, 4) is 0 Å². The number of rotatable bonds is 1. The molecule has 0 spiro atoms. The molecular formula is C6H5FN2O. The van der Waals surface area contributed by atoms with Crippen molar-refractivity contribution >= 4 is 12.0 Å². The minimum Gasteiger partial charge on any atom is -0.395 e. The zero-order valence-electron chi connectivity index (χ0n) is 5.04. The second-order valence-electron chi connectivity index (χ2n) is 1.75. The fourth-order valence-electron chi connectivity index (χ4n) is 0.521. The van der Waals surface area contributed by atoms with Gasteiger partial charge >= 0.3 is 0 Å². The third kappa shape index (κ3) is 1.10. The number of carbonyl (C=O) groups is 1. The minimum absolute atomic E-state index is 0.0479. The molecule has 0 unspecified atom stereocenters. The number of pyridine rings is 1. The van der Waals surface area contributed by atoms with Crippen LogP contribution in [0.1, 0.15) is 10.5 Å². The first-order valence-electron chi connectivity index (χ1n) is 2.60. The Kier molecular flexibility index (Phi) is 1.62. The molecule has 2 N–H and O–H groups in total. The summed E-state index contributed by atoms with van der Waals surface area (Å²) in [5.41, 5.74) is 5.09. The molecular weight excluding hydrogens is 135 g/mol. The molecule has 1 aromatic rings. The Morgan fingerprint density at radius 2 is 2.40 bits per heavy atom. The summed E-state index contributed by atoms with van der Waals surface area (Å²) in [6.45, 7) is 0. The van der Waals surface area contributed by atoms with Gasteiger partial charge in [0.2, 0.25) is 0 Å². The Bertz CT molecular complexity index is 262. The van der Waals surface area contributed by atoms with Crippen molar-refractivity contribution in [1.82, 2.24) is 4.98 Å². The predicted molar refractivity (Wildman–Crippen MR) is 34.0 cm³/mol. The van der Waals surface area contributed by atoms with Crippen LogP contribution in [-0.2, 0) is 0 Å². The number of aromatic nitrogens is 1. The second-order valence-corrected chi connectivity index (χ2v) is 1.75. The van der Waals surface area contributed by atoms with Gasteiger partial charge in [-0.25, -0.2) is 4.39 Å². The highest BCUT2D eigenvalue weighted by atomic mass is 19.1. The fraction of sp³-hybridized carbons (Fsp3) is 0. The van der Waals surface area contributed by atoms with Crippen molar-refractivity contribution in [2.45, 2.75) is 0 Å². The van der Waals surface area contributed by atoms with Gasteiger partial charge in [0.05, 0.1) is 11.9 Å². The molecule has 0 radical (unpaired) electrons. The average molecular weight is 140 g/mol. The van der Waals surface area contributed by atoms with E-state index in [1.807, 2.05) is 0 Å². The third-order valence-electron chi connectivity index (χ3n) is 1.02. The summed E-state index contributed by atoms with van der Waals surface area (Å²) in [5.74, 6) is -0.614. The van der Waals surface area contributed by atoms with Crippen molar-refractivity contribution in [1.29, 1.82) is 0 Å². The van der Waals surface area contributed by atoms with Crippen LogP contribution in [0.4, 0.5) is 10.1 Å². The van der Waals surface area contributed by atoms with E-state index < -0.39 is 5.82 Å². The summed E-state index contributed by atoms with van der Waals surface area (Å²) < 4.78 is 12.4. The summed E-state index contributed by atoms with van der Waals surface area (Å²) in [6.07, 6.45) is 1.57. The van der Waals surface area contributed by atoms with E-state index in [4.69, 9.17) is 5.73 Å². The smallest absolute Gasteiger partial charge is 0.168 e. The molecule has 0 amide bonds. The lowest BCUT2D eigenvalue weighted by molar-refractivity contribution is 0.111. The minimum atomic E-state index is -0.614. The van der Waals surface area contributed by atoms with Crippen LogP contribution in [0.25, 0.3) is 0 Å². The van der Waals surface area contributed by atoms with Gasteiger partial charge in [0.25, 0.3) is 0 Å². The first kappa shape index (κ1) is 6.67. The van der Waals surface area contributed by atoms with Crippen molar-refractivity contribution in [3.05, 3.63) is 23.8 Å². The van der Waals surface area contributed by atoms with Gasteiger partial charge in [-0.3, -0.25) is 9.78 Å². The molecule has 1 aromatic heterocycles. The van der Waals surface area contributed by atoms with Crippen molar-refractivity contribution < 1.29 is 9.18 Å². The standard InChI is InChI=1S/C6H5FN2O/c7-5-1-4(3-10)9-2-6(5)8/h1-3H,8H2. The number of aldehydes is 1. The zero-order chi connectivity index (χ0) is 7.56. The molecule has 3 nitrogen and oxygen atoms in total. The predicted octanol–water partition coefficient (Wildman–Crippen LogP) is 0.615. The Labute approximate surface area is 56.7 Å². The van der Waals surface area contributed by atoms with E-state index in [0.717, 1.165) is 12.3 Å².